The zero-order valence-corrected chi connectivity index (χ0v) is 9.44. The molecule has 76 valence electrons. The molecular formula is C10H20N2S. The molecule has 3 heteroatoms. The van der Waals surface area contributed by atoms with Gasteiger partial charge < -0.3 is 5.32 Å². The van der Waals surface area contributed by atoms with Gasteiger partial charge in [0.2, 0.25) is 0 Å². The van der Waals surface area contributed by atoms with Crippen LogP contribution < -0.4 is 5.32 Å². The normalized spacial score (nSPS) is 42.5. The van der Waals surface area contributed by atoms with Crippen molar-refractivity contribution >= 4 is 11.8 Å². The van der Waals surface area contributed by atoms with E-state index in [9.17, 15) is 0 Å². The van der Waals surface area contributed by atoms with Crippen molar-refractivity contribution in [1.29, 1.82) is 0 Å². The van der Waals surface area contributed by atoms with Crippen molar-refractivity contribution < 1.29 is 0 Å². The topological polar surface area (TPSA) is 15.3 Å². The lowest BCUT2D eigenvalue weighted by molar-refractivity contribution is 0.159. The molecular weight excluding hydrogens is 180 g/mol. The zero-order valence-electron chi connectivity index (χ0n) is 8.62. The lowest BCUT2D eigenvalue weighted by Gasteiger charge is -2.35. The fourth-order valence-corrected chi connectivity index (χ4v) is 3.60. The van der Waals surface area contributed by atoms with Gasteiger partial charge in [0.15, 0.2) is 0 Å². The van der Waals surface area contributed by atoms with E-state index in [2.05, 4.69) is 35.8 Å². The molecule has 2 rings (SSSR count). The predicted octanol–water partition coefficient (Wildman–Crippen LogP) is 1.17. The molecule has 2 fully saturated rings. The summed E-state index contributed by atoms with van der Waals surface area (Å²) >= 11 is 2.14. The predicted molar refractivity (Wildman–Crippen MR) is 59.4 cm³/mol. The van der Waals surface area contributed by atoms with Crippen LogP contribution in [-0.2, 0) is 0 Å². The van der Waals surface area contributed by atoms with Crippen LogP contribution in [0.25, 0.3) is 0 Å². The first kappa shape index (κ1) is 9.81. The monoisotopic (exact) mass is 200 g/mol. The van der Waals surface area contributed by atoms with E-state index in [1.54, 1.807) is 0 Å². The SMILES string of the molecule is CC1CN(C2CSC(C)C2)CCN1. The molecule has 0 aromatic rings. The van der Waals surface area contributed by atoms with E-state index < -0.39 is 0 Å². The summed E-state index contributed by atoms with van der Waals surface area (Å²) in [6.45, 7) is 8.32. The standard InChI is InChI=1S/C10H20N2S/c1-8-6-12(4-3-11-8)10-5-9(2)13-7-10/h8-11H,3-7H2,1-2H3. The van der Waals surface area contributed by atoms with E-state index >= 15 is 0 Å². The number of hydrogen-bond donors (Lipinski definition) is 1. The third-order valence-corrected chi connectivity index (χ3v) is 4.43. The first-order valence-corrected chi connectivity index (χ1v) is 6.39. The van der Waals surface area contributed by atoms with Gasteiger partial charge in [-0.25, -0.2) is 0 Å². The maximum atomic E-state index is 3.50. The van der Waals surface area contributed by atoms with Crippen LogP contribution >= 0.6 is 11.8 Å². The highest BCUT2D eigenvalue weighted by molar-refractivity contribution is 8.00. The highest BCUT2D eigenvalue weighted by Gasteiger charge is 2.29. The number of nitrogens with zero attached hydrogens (tertiary/aromatic N) is 1. The molecule has 0 saturated carbocycles. The van der Waals surface area contributed by atoms with E-state index in [1.807, 2.05) is 0 Å². The molecule has 3 unspecified atom stereocenters. The van der Waals surface area contributed by atoms with Gasteiger partial charge in [-0.3, -0.25) is 4.90 Å². The minimum Gasteiger partial charge on any atom is -0.312 e. The molecule has 0 spiro atoms. The average molecular weight is 200 g/mol. The molecule has 2 heterocycles. The highest BCUT2D eigenvalue weighted by atomic mass is 32.2. The van der Waals surface area contributed by atoms with Gasteiger partial charge in [0.25, 0.3) is 0 Å². The van der Waals surface area contributed by atoms with Gasteiger partial charge in [0.1, 0.15) is 0 Å². The van der Waals surface area contributed by atoms with Crippen molar-refractivity contribution in [2.75, 3.05) is 25.4 Å². The number of nitrogens with one attached hydrogen (secondary N) is 1. The maximum absolute atomic E-state index is 3.50. The van der Waals surface area contributed by atoms with Crippen LogP contribution in [-0.4, -0.2) is 47.6 Å². The summed E-state index contributed by atoms with van der Waals surface area (Å²) in [5.41, 5.74) is 0. The number of rotatable bonds is 1. The summed E-state index contributed by atoms with van der Waals surface area (Å²) in [5.74, 6) is 1.36. The van der Waals surface area contributed by atoms with Crippen molar-refractivity contribution in [3.8, 4) is 0 Å². The third-order valence-electron chi connectivity index (χ3n) is 3.09. The van der Waals surface area contributed by atoms with E-state index in [0.717, 1.165) is 11.3 Å². The fraction of sp³-hybridized carbons (Fsp3) is 1.00. The van der Waals surface area contributed by atoms with Crippen LogP contribution in [0.2, 0.25) is 0 Å². The van der Waals surface area contributed by atoms with Crippen molar-refractivity contribution in [1.82, 2.24) is 10.2 Å². The van der Waals surface area contributed by atoms with Gasteiger partial charge in [0, 0.05) is 42.7 Å². The second-order valence-electron chi connectivity index (χ2n) is 4.38. The summed E-state index contributed by atoms with van der Waals surface area (Å²) < 4.78 is 0. The Morgan fingerprint density at radius 2 is 2.23 bits per heavy atom. The van der Waals surface area contributed by atoms with Crippen molar-refractivity contribution in [3.05, 3.63) is 0 Å². The Morgan fingerprint density at radius 3 is 2.85 bits per heavy atom. The minimum atomic E-state index is 0.689. The van der Waals surface area contributed by atoms with Crippen LogP contribution in [0.3, 0.4) is 0 Å². The summed E-state index contributed by atoms with van der Waals surface area (Å²) in [6, 6.07) is 1.55. The van der Waals surface area contributed by atoms with E-state index in [4.69, 9.17) is 0 Å². The Kier molecular flexibility index (Phi) is 3.17. The van der Waals surface area contributed by atoms with Crippen LogP contribution in [0.15, 0.2) is 0 Å². The van der Waals surface area contributed by atoms with Gasteiger partial charge in [-0.15, -0.1) is 0 Å². The van der Waals surface area contributed by atoms with Crippen molar-refractivity contribution in [2.45, 2.75) is 37.6 Å². The van der Waals surface area contributed by atoms with Crippen molar-refractivity contribution in [2.24, 2.45) is 0 Å². The molecule has 13 heavy (non-hydrogen) atoms. The molecule has 3 atom stereocenters. The first-order valence-electron chi connectivity index (χ1n) is 5.34. The third kappa shape index (κ3) is 2.39. The molecule has 2 aliphatic heterocycles. The molecule has 0 aliphatic carbocycles. The van der Waals surface area contributed by atoms with Crippen LogP contribution in [0, 0.1) is 0 Å². The Balaban J connectivity index is 1.85. The molecule has 2 saturated heterocycles. The molecule has 0 amide bonds. The number of piperazine rings is 1. The molecule has 2 aliphatic rings. The van der Waals surface area contributed by atoms with Gasteiger partial charge >= 0.3 is 0 Å². The highest BCUT2D eigenvalue weighted by Crippen LogP contribution is 2.29. The first-order chi connectivity index (χ1) is 6.25. The minimum absolute atomic E-state index is 0.689. The quantitative estimate of drug-likeness (QED) is 0.684. The lowest BCUT2D eigenvalue weighted by atomic mass is 10.1. The fourth-order valence-electron chi connectivity index (χ4n) is 2.34. The van der Waals surface area contributed by atoms with E-state index in [-0.39, 0.29) is 0 Å². The van der Waals surface area contributed by atoms with Gasteiger partial charge in [-0.05, 0) is 13.3 Å². The second kappa shape index (κ2) is 4.20. The summed E-state index contributed by atoms with van der Waals surface area (Å²) in [5, 5.41) is 4.38. The Morgan fingerprint density at radius 1 is 1.38 bits per heavy atom. The average Bonchev–Trinajstić information content (AvgIpc) is 2.52. The summed E-state index contributed by atoms with van der Waals surface area (Å²) in [7, 11) is 0. The number of hydrogen-bond acceptors (Lipinski definition) is 3. The second-order valence-corrected chi connectivity index (χ2v) is 5.85. The van der Waals surface area contributed by atoms with Gasteiger partial charge in [-0.2, -0.15) is 11.8 Å². The van der Waals surface area contributed by atoms with Crippen LogP contribution in [0.5, 0.6) is 0 Å². The molecule has 0 bridgehead atoms. The van der Waals surface area contributed by atoms with Gasteiger partial charge in [-0.1, -0.05) is 6.92 Å². The van der Waals surface area contributed by atoms with E-state index in [1.165, 1.54) is 31.8 Å². The van der Waals surface area contributed by atoms with Gasteiger partial charge in [0.05, 0.1) is 0 Å². The maximum Gasteiger partial charge on any atom is 0.0198 e. The number of thioether (sulfide) groups is 1. The summed E-state index contributed by atoms with van der Waals surface area (Å²) in [4.78, 5) is 2.68. The summed E-state index contributed by atoms with van der Waals surface area (Å²) in [6.07, 6.45) is 1.40. The molecule has 0 radical (unpaired) electrons. The Bertz CT molecular complexity index is 174. The van der Waals surface area contributed by atoms with Crippen LogP contribution in [0.1, 0.15) is 20.3 Å². The van der Waals surface area contributed by atoms with Crippen LogP contribution in [0.4, 0.5) is 0 Å². The molecule has 0 aromatic heterocycles. The Labute approximate surface area is 85.4 Å². The zero-order chi connectivity index (χ0) is 9.26. The van der Waals surface area contributed by atoms with Crippen molar-refractivity contribution in [3.63, 3.8) is 0 Å². The smallest absolute Gasteiger partial charge is 0.0198 e. The Hall–Kier alpha value is 0.270. The molecule has 2 nitrogen and oxygen atoms in total. The molecule has 0 aromatic carbocycles. The molecule has 1 N–H and O–H groups in total. The lowest BCUT2D eigenvalue weighted by Crippen LogP contribution is -2.52. The van der Waals surface area contributed by atoms with E-state index in [0.29, 0.717) is 6.04 Å². The largest absolute Gasteiger partial charge is 0.312 e.